The van der Waals surface area contributed by atoms with Crippen LogP contribution in [-0.4, -0.2) is 11.5 Å². The first kappa shape index (κ1) is 14.6. The molecule has 3 heteroatoms. The van der Waals surface area contributed by atoms with Gasteiger partial charge in [-0.2, -0.15) is 0 Å². The molecule has 0 atom stereocenters. The summed E-state index contributed by atoms with van der Waals surface area (Å²) in [4.78, 5) is 17.9. The Morgan fingerprint density at radius 2 is 1.26 bits per heavy atom. The maximum absolute atomic E-state index is 12.7. The Hall–Kier alpha value is -1.97. The highest BCUT2D eigenvalue weighted by molar-refractivity contribution is 8.04. The molecule has 0 aliphatic carbocycles. The van der Waals surface area contributed by atoms with E-state index in [0.29, 0.717) is 5.75 Å². The topological polar surface area (TPSA) is 17.1 Å². The Morgan fingerprint density at radius 1 is 0.739 bits per heavy atom. The Kier molecular flexibility index (Phi) is 3.98. The summed E-state index contributed by atoms with van der Waals surface area (Å²) in [6, 6.07) is 26.5. The quantitative estimate of drug-likeness (QED) is 0.491. The molecule has 1 heterocycles. The molecule has 3 aromatic carbocycles. The van der Waals surface area contributed by atoms with Crippen molar-refractivity contribution in [1.29, 1.82) is 0 Å². The number of hydrogen-bond donors (Lipinski definition) is 0. The molecule has 0 saturated carbocycles. The number of fused-ring (bicyclic) bond motifs is 2. The number of carbonyl (C=O) groups excluding carboxylic acids is 1. The first-order chi connectivity index (χ1) is 11.3. The fourth-order valence-corrected chi connectivity index (χ4v) is 6.51. The lowest BCUT2D eigenvalue weighted by atomic mass is 10.2. The van der Waals surface area contributed by atoms with Gasteiger partial charge in [-0.15, -0.1) is 0 Å². The van der Waals surface area contributed by atoms with E-state index < -0.39 is 0 Å². The molecule has 0 radical (unpaired) electrons. The van der Waals surface area contributed by atoms with Crippen molar-refractivity contribution >= 4 is 28.4 Å². The number of carbonyl (C=O) groups is 1. The van der Waals surface area contributed by atoms with Crippen LogP contribution >= 0.6 is 11.8 Å². The van der Waals surface area contributed by atoms with Crippen LogP contribution in [0.5, 0.6) is 0 Å². The predicted octanol–water partition coefficient (Wildman–Crippen LogP) is 5.07. The van der Waals surface area contributed by atoms with Gasteiger partial charge >= 0.3 is 0 Å². The van der Waals surface area contributed by atoms with E-state index in [2.05, 4.69) is 48.5 Å². The van der Waals surface area contributed by atoms with E-state index in [9.17, 15) is 4.79 Å². The normalized spacial score (nSPS) is 13.2. The lowest BCUT2D eigenvalue weighted by Gasteiger charge is -2.18. The van der Waals surface area contributed by atoms with Gasteiger partial charge in [0.25, 0.3) is 0 Å². The minimum absolute atomic E-state index is 0.195. The molecule has 0 fully saturated rings. The third-order valence-electron chi connectivity index (χ3n) is 3.82. The van der Waals surface area contributed by atoms with E-state index in [4.69, 9.17) is 0 Å². The average Bonchev–Trinajstić information content (AvgIpc) is 2.62. The van der Waals surface area contributed by atoms with Gasteiger partial charge in [0.1, 0.15) is 0 Å². The van der Waals surface area contributed by atoms with Gasteiger partial charge in [-0.05, 0) is 24.3 Å². The third-order valence-corrected chi connectivity index (χ3v) is 7.56. The summed E-state index contributed by atoms with van der Waals surface area (Å²) in [7, 11) is -0.195. The van der Waals surface area contributed by atoms with Gasteiger partial charge < -0.3 is 0 Å². The molecule has 0 spiro atoms. The molecule has 4 rings (SSSR count). The summed E-state index contributed by atoms with van der Waals surface area (Å²) in [5.41, 5.74) is 0.799. The first-order valence-electron chi connectivity index (χ1n) is 7.48. The van der Waals surface area contributed by atoms with Crippen molar-refractivity contribution in [3.05, 3.63) is 84.4 Å². The summed E-state index contributed by atoms with van der Waals surface area (Å²) in [5.74, 6) is 0.754. The van der Waals surface area contributed by atoms with Crippen LogP contribution in [0.25, 0.3) is 0 Å². The smallest absolute Gasteiger partial charge is 0.212 e. The van der Waals surface area contributed by atoms with Gasteiger partial charge in [0.2, 0.25) is 5.78 Å². The minimum atomic E-state index is -0.195. The van der Waals surface area contributed by atoms with E-state index in [1.54, 1.807) is 11.8 Å². The van der Waals surface area contributed by atoms with Crippen molar-refractivity contribution in [2.75, 3.05) is 5.75 Å². The molecular weight excluding hydrogens is 320 g/mol. The summed E-state index contributed by atoms with van der Waals surface area (Å²) >= 11 is 1.80. The van der Waals surface area contributed by atoms with Gasteiger partial charge in [0.05, 0.1) is 20.7 Å². The molecule has 0 aromatic heterocycles. The van der Waals surface area contributed by atoms with Crippen molar-refractivity contribution in [3.63, 3.8) is 0 Å². The maximum atomic E-state index is 12.7. The number of rotatable bonds is 3. The second-order valence-electron chi connectivity index (χ2n) is 5.32. The van der Waals surface area contributed by atoms with Crippen molar-refractivity contribution < 1.29 is 4.79 Å². The van der Waals surface area contributed by atoms with Crippen LogP contribution in [0.15, 0.2) is 98.4 Å². The molecule has 0 amide bonds. The van der Waals surface area contributed by atoms with Gasteiger partial charge in [-0.25, -0.2) is 0 Å². The summed E-state index contributed by atoms with van der Waals surface area (Å²) in [5, 5.41) is 0. The van der Waals surface area contributed by atoms with Crippen LogP contribution in [0, 0.1) is 0 Å². The molecule has 1 aliphatic heterocycles. The SMILES string of the molecule is O=C(C[S+]1c2ccccc2Sc2ccccc21)c1ccccc1. The van der Waals surface area contributed by atoms with Crippen LogP contribution in [0.2, 0.25) is 0 Å². The van der Waals surface area contributed by atoms with E-state index in [0.717, 1.165) is 5.56 Å². The molecule has 23 heavy (non-hydrogen) atoms. The number of benzene rings is 3. The molecule has 1 nitrogen and oxygen atoms in total. The molecular formula is C20H15OS2+. The van der Waals surface area contributed by atoms with E-state index in [-0.39, 0.29) is 16.7 Å². The van der Waals surface area contributed by atoms with Crippen molar-refractivity contribution in [2.45, 2.75) is 19.6 Å². The largest absolute Gasteiger partial charge is 0.289 e. The fourth-order valence-electron chi connectivity index (χ4n) is 2.71. The second-order valence-corrected chi connectivity index (χ2v) is 8.35. The molecule has 1 aliphatic rings. The minimum Gasteiger partial charge on any atom is -0.289 e. The summed E-state index contributed by atoms with van der Waals surface area (Å²) < 4.78 is 0. The highest BCUT2D eigenvalue weighted by Crippen LogP contribution is 2.45. The van der Waals surface area contributed by atoms with Crippen LogP contribution in [-0.2, 0) is 10.9 Å². The Bertz CT molecular complexity index is 813. The van der Waals surface area contributed by atoms with Crippen molar-refractivity contribution in [3.8, 4) is 0 Å². The van der Waals surface area contributed by atoms with Gasteiger partial charge in [0.15, 0.2) is 15.5 Å². The molecule has 112 valence electrons. The zero-order valence-electron chi connectivity index (χ0n) is 12.4. The van der Waals surface area contributed by atoms with Crippen LogP contribution in [0.4, 0.5) is 0 Å². The number of hydrogen-bond acceptors (Lipinski definition) is 2. The monoisotopic (exact) mass is 335 g/mol. The van der Waals surface area contributed by atoms with Crippen LogP contribution in [0.3, 0.4) is 0 Å². The summed E-state index contributed by atoms with van der Waals surface area (Å²) in [6.45, 7) is 0. The standard InChI is InChI=1S/C20H15OS2/c21-16(15-8-2-1-3-9-15)14-23-19-12-6-4-10-17(19)22-18-11-5-7-13-20(18)23/h1-13H,14H2/q+1. The first-order valence-corrected chi connectivity index (χ1v) is 9.69. The van der Waals surface area contributed by atoms with E-state index in [1.165, 1.54) is 19.6 Å². The molecule has 0 saturated heterocycles. The average molecular weight is 335 g/mol. The van der Waals surface area contributed by atoms with Gasteiger partial charge in [-0.1, -0.05) is 66.4 Å². The predicted molar refractivity (Wildman–Crippen MR) is 96.5 cm³/mol. The lowest BCUT2D eigenvalue weighted by molar-refractivity contribution is 0.102. The Balaban J connectivity index is 1.74. The van der Waals surface area contributed by atoms with E-state index >= 15 is 0 Å². The molecule has 0 bridgehead atoms. The van der Waals surface area contributed by atoms with Gasteiger partial charge in [0, 0.05) is 5.56 Å². The third kappa shape index (κ3) is 2.82. The highest BCUT2D eigenvalue weighted by Gasteiger charge is 2.37. The summed E-state index contributed by atoms with van der Waals surface area (Å²) in [6.07, 6.45) is 0. The Labute approximate surface area is 143 Å². The molecule has 3 aromatic rings. The maximum Gasteiger partial charge on any atom is 0.212 e. The van der Waals surface area contributed by atoms with Gasteiger partial charge in [-0.3, -0.25) is 4.79 Å². The van der Waals surface area contributed by atoms with Crippen molar-refractivity contribution in [2.24, 2.45) is 0 Å². The molecule has 0 N–H and O–H groups in total. The van der Waals surface area contributed by atoms with Crippen LogP contribution in [0.1, 0.15) is 10.4 Å². The Morgan fingerprint density at radius 3 is 1.87 bits per heavy atom. The van der Waals surface area contributed by atoms with Crippen molar-refractivity contribution in [1.82, 2.24) is 0 Å². The zero-order valence-corrected chi connectivity index (χ0v) is 14.1. The highest BCUT2D eigenvalue weighted by atomic mass is 32.2. The van der Waals surface area contributed by atoms with E-state index in [1.807, 2.05) is 30.3 Å². The zero-order chi connectivity index (χ0) is 15.6. The molecule has 0 unspecified atom stereocenters. The fraction of sp³-hybridized carbons (Fsp3) is 0.0500. The van der Waals surface area contributed by atoms with Crippen LogP contribution < -0.4 is 0 Å². The second kappa shape index (κ2) is 6.26. The number of Topliss-reactive ketones (excluding diaryl/α,β-unsaturated/α-hetero) is 1. The number of ketones is 1. The lowest BCUT2D eigenvalue weighted by Crippen LogP contribution is -2.20.